The van der Waals surface area contributed by atoms with Gasteiger partial charge in [0.15, 0.2) is 5.96 Å². The van der Waals surface area contributed by atoms with Crippen LogP contribution in [0.4, 0.5) is 0 Å². The number of nitrogens with zero attached hydrogens (tertiary/aromatic N) is 2. The summed E-state index contributed by atoms with van der Waals surface area (Å²) in [6, 6.07) is 6.82. The molecule has 0 atom stereocenters. The normalized spacial score (nSPS) is 16.2. The molecule has 2 rings (SSSR count). The maximum Gasteiger partial charge on any atom is 0.240 e. The van der Waals surface area contributed by atoms with E-state index in [-0.39, 0.29) is 17.5 Å². The van der Waals surface area contributed by atoms with Gasteiger partial charge in [0.2, 0.25) is 10.0 Å². The van der Waals surface area contributed by atoms with Crippen molar-refractivity contribution in [3.8, 4) is 0 Å². The molecule has 1 aliphatic heterocycles. The molecule has 1 aromatic carbocycles. The van der Waals surface area contributed by atoms with Gasteiger partial charge in [-0.2, -0.15) is 0 Å². The third-order valence-electron chi connectivity index (χ3n) is 4.83. The molecule has 1 aromatic rings. The van der Waals surface area contributed by atoms with Crippen molar-refractivity contribution in [1.29, 1.82) is 0 Å². The fourth-order valence-corrected chi connectivity index (χ4v) is 4.21. The third kappa shape index (κ3) is 7.93. The molecule has 0 aromatic heterocycles. The number of ether oxygens (including phenoxy) is 2. The minimum Gasteiger partial charge on any atom is -0.385 e. The standard InChI is InChI=1S/C20H34N4O4S/c1-17-5-7-19(8-6-17)29(25,26)23-12-11-22-20(21-2)24-13-9-18(10-14-24)28-16-4-15-27-3/h5-8,18,23H,4,9-16H2,1-3H3,(H,21,22). The molecule has 0 aliphatic carbocycles. The average molecular weight is 427 g/mol. The first-order valence-corrected chi connectivity index (χ1v) is 11.6. The fourth-order valence-electron chi connectivity index (χ4n) is 3.18. The largest absolute Gasteiger partial charge is 0.385 e. The summed E-state index contributed by atoms with van der Waals surface area (Å²) in [4.78, 5) is 6.78. The summed E-state index contributed by atoms with van der Waals surface area (Å²) in [5.74, 6) is 0.789. The summed E-state index contributed by atoms with van der Waals surface area (Å²) in [6.45, 7) is 5.86. The lowest BCUT2D eigenvalue weighted by Gasteiger charge is -2.34. The lowest BCUT2D eigenvalue weighted by molar-refractivity contribution is 0.00992. The van der Waals surface area contributed by atoms with Gasteiger partial charge in [-0.05, 0) is 38.3 Å². The molecule has 0 spiro atoms. The lowest BCUT2D eigenvalue weighted by Crippen LogP contribution is -2.48. The van der Waals surface area contributed by atoms with E-state index in [0.717, 1.165) is 57.1 Å². The topological polar surface area (TPSA) is 92.3 Å². The number of hydrogen-bond acceptors (Lipinski definition) is 5. The highest BCUT2D eigenvalue weighted by Gasteiger charge is 2.22. The Morgan fingerprint density at radius 3 is 2.48 bits per heavy atom. The number of aliphatic imine (C=N–C) groups is 1. The van der Waals surface area contributed by atoms with Crippen LogP contribution in [-0.2, 0) is 19.5 Å². The van der Waals surface area contributed by atoms with Crippen molar-refractivity contribution in [3.63, 3.8) is 0 Å². The maximum atomic E-state index is 12.3. The smallest absolute Gasteiger partial charge is 0.240 e. The van der Waals surface area contributed by atoms with E-state index in [0.29, 0.717) is 6.54 Å². The Hall–Kier alpha value is -1.68. The van der Waals surface area contributed by atoms with Gasteiger partial charge in [-0.3, -0.25) is 4.99 Å². The first kappa shape index (κ1) is 23.6. The van der Waals surface area contributed by atoms with E-state index < -0.39 is 10.0 Å². The van der Waals surface area contributed by atoms with Crippen LogP contribution in [0.25, 0.3) is 0 Å². The second-order valence-corrected chi connectivity index (χ2v) is 8.86. The van der Waals surface area contributed by atoms with Gasteiger partial charge in [0.1, 0.15) is 0 Å². The number of rotatable bonds is 10. The molecule has 0 amide bonds. The fraction of sp³-hybridized carbons (Fsp3) is 0.650. The predicted molar refractivity (Wildman–Crippen MR) is 115 cm³/mol. The van der Waals surface area contributed by atoms with E-state index >= 15 is 0 Å². The Kier molecular flexibility index (Phi) is 9.86. The van der Waals surface area contributed by atoms with E-state index in [4.69, 9.17) is 9.47 Å². The number of hydrogen-bond donors (Lipinski definition) is 2. The van der Waals surface area contributed by atoms with Crippen molar-refractivity contribution in [2.45, 2.75) is 37.2 Å². The second-order valence-electron chi connectivity index (χ2n) is 7.09. The average Bonchev–Trinajstić information content (AvgIpc) is 2.72. The zero-order valence-corrected chi connectivity index (χ0v) is 18.5. The van der Waals surface area contributed by atoms with Crippen molar-refractivity contribution >= 4 is 16.0 Å². The van der Waals surface area contributed by atoms with Crippen molar-refractivity contribution in [3.05, 3.63) is 29.8 Å². The summed E-state index contributed by atoms with van der Waals surface area (Å²) < 4.78 is 38.2. The van der Waals surface area contributed by atoms with Crippen molar-refractivity contribution in [2.24, 2.45) is 4.99 Å². The maximum absolute atomic E-state index is 12.3. The van der Waals surface area contributed by atoms with Crippen molar-refractivity contribution in [2.75, 3.05) is 53.6 Å². The van der Waals surface area contributed by atoms with Crippen LogP contribution in [0.3, 0.4) is 0 Å². The van der Waals surface area contributed by atoms with Gasteiger partial charge >= 0.3 is 0 Å². The summed E-state index contributed by atoms with van der Waals surface area (Å²) in [7, 11) is -0.0548. The molecule has 0 saturated carbocycles. The number of benzene rings is 1. The van der Waals surface area contributed by atoms with E-state index in [9.17, 15) is 8.42 Å². The number of nitrogens with one attached hydrogen (secondary N) is 2. The van der Waals surface area contributed by atoms with E-state index in [1.54, 1.807) is 38.4 Å². The van der Waals surface area contributed by atoms with Gasteiger partial charge in [0.25, 0.3) is 0 Å². The Morgan fingerprint density at radius 2 is 1.86 bits per heavy atom. The van der Waals surface area contributed by atoms with Gasteiger partial charge in [0, 0.05) is 53.6 Å². The first-order valence-electron chi connectivity index (χ1n) is 10.1. The number of aryl methyl sites for hydroxylation is 1. The molecule has 8 nitrogen and oxygen atoms in total. The zero-order valence-electron chi connectivity index (χ0n) is 17.7. The highest BCUT2D eigenvalue weighted by molar-refractivity contribution is 7.89. The summed E-state index contributed by atoms with van der Waals surface area (Å²) >= 11 is 0. The number of sulfonamides is 1. The quantitative estimate of drug-likeness (QED) is 0.334. The van der Waals surface area contributed by atoms with Crippen LogP contribution in [0.1, 0.15) is 24.8 Å². The molecule has 1 heterocycles. The molecule has 0 radical (unpaired) electrons. The van der Waals surface area contributed by atoms with E-state index in [2.05, 4.69) is 19.9 Å². The lowest BCUT2D eigenvalue weighted by atomic mass is 10.1. The number of piperidine rings is 1. The number of guanidine groups is 1. The van der Waals surface area contributed by atoms with Crippen molar-refractivity contribution < 1.29 is 17.9 Å². The monoisotopic (exact) mass is 426 g/mol. The SMILES string of the molecule is CN=C(NCCNS(=O)(=O)c1ccc(C)cc1)N1CCC(OCCCOC)CC1. The van der Waals surface area contributed by atoms with Crippen LogP contribution in [-0.4, -0.2) is 78.9 Å². The Morgan fingerprint density at radius 1 is 1.17 bits per heavy atom. The zero-order chi connectivity index (χ0) is 21.1. The number of methoxy groups -OCH3 is 1. The summed E-state index contributed by atoms with van der Waals surface area (Å²) in [5.41, 5.74) is 1.03. The molecule has 164 valence electrons. The first-order chi connectivity index (χ1) is 14.0. The van der Waals surface area contributed by atoms with Crippen LogP contribution in [0.2, 0.25) is 0 Å². The van der Waals surface area contributed by atoms with Crippen LogP contribution in [0.15, 0.2) is 34.2 Å². The molecule has 2 N–H and O–H groups in total. The molecule has 9 heteroatoms. The van der Waals surface area contributed by atoms with Crippen LogP contribution in [0, 0.1) is 6.92 Å². The van der Waals surface area contributed by atoms with Gasteiger partial charge < -0.3 is 19.7 Å². The van der Waals surface area contributed by atoms with Crippen LogP contribution >= 0.6 is 0 Å². The highest BCUT2D eigenvalue weighted by atomic mass is 32.2. The molecule has 1 fully saturated rings. The van der Waals surface area contributed by atoms with Gasteiger partial charge in [-0.1, -0.05) is 17.7 Å². The molecule has 0 bridgehead atoms. The highest BCUT2D eigenvalue weighted by Crippen LogP contribution is 2.14. The summed E-state index contributed by atoms with van der Waals surface area (Å²) in [5, 5.41) is 3.24. The van der Waals surface area contributed by atoms with Crippen LogP contribution < -0.4 is 10.0 Å². The molecule has 29 heavy (non-hydrogen) atoms. The second kappa shape index (κ2) is 12.1. The minimum absolute atomic E-state index is 0.278. The van der Waals surface area contributed by atoms with E-state index in [1.165, 1.54) is 0 Å². The van der Waals surface area contributed by atoms with Gasteiger partial charge in [0.05, 0.1) is 11.0 Å². The molecular weight excluding hydrogens is 392 g/mol. The van der Waals surface area contributed by atoms with Gasteiger partial charge in [-0.25, -0.2) is 13.1 Å². The Bertz CT molecular complexity index is 729. The Balaban J connectivity index is 1.69. The van der Waals surface area contributed by atoms with Crippen LogP contribution in [0.5, 0.6) is 0 Å². The van der Waals surface area contributed by atoms with Crippen molar-refractivity contribution in [1.82, 2.24) is 14.9 Å². The minimum atomic E-state index is -3.50. The molecule has 1 aliphatic rings. The molecule has 1 saturated heterocycles. The summed E-state index contributed by atoms with van der Waals surface area (Å²) in [6.07, 6.45) is 3.10. The Labute approximate surface area is 174 Å². The van der Waals surface area contributed by atoms with E-state index in [1.807, 2.05) is 6.92 Å². The number of likely N-dealkylation sites (tertiary alicyclic amines) is 1. The third-order valence-corrected chi connectivity index (χ3v) is 6.31. The predicted octanol–water partition coefficient (Wildman–Crippen LogP) is 1.37. The molecule has 0 unspecified atom stereocenters. The van der Waals surface area contributed by atoms with Gasteiger partial charge in [-0.15, -0.1) is 0 Å². The molecular formula is C20H34N4O4S.